The molecule has 2 aliphatic carbocycles. The molecule has 2 heterocycles. The summed E-state index contributed by atoms with van der Waals surface area (Å²) < 4.78 is 18.6. The number of carbonyl (C=O) groups is 2. The van der Waals surface area contributed by atoms with Gasteiger partial charge in [0.2, 0.25) is 0 Å². The van der Waals surface area contributed by atoms with Crippen LogP contribution in [0.5, 0.6) is 5.75 Å². The number of likely N-dealkylation sites (tertiary alicyclic amines) is 1. The van der Waals surface area contributed by atoms with Crippen molar-refractivity contribution in [1.82, 2.24) is 14.7 Å². The van der Waals surface area contributed by atoms with Gasteiger partial charge >= 0.3 is 12.1 Å². The largest absolute Gasteiger partial charge is 0.490 e. The van der Waals surface area contributed by atoms with Crippen LogP contribution in [0.3, 0.4) is 0 Å². The summed E-state index contributed by atoms with van der Waals surface area (Å²) in [5, 5.41) is 14.9. The van der Waals surface area contributed by atoms with E-state index in [-0.39, 0.29) is 30.0 Å². The lowest BCUT2D eigenvalue weighted by Gasteiger charge is -2.34. The smallest absolute Gasteiger partial charge is 0.410 e. The summed E-state index contributed by atoms with van der Waals surface area (Å²) in [4.78, 5) is 27.4. The minimum atomic E-state index is -0.610. The molecule has 3 aliphatic rings. The number of nitrogens with zero attached hydrogens (tertiary/aromatic N) is 4. The average molecular weight is 521 g/mol. The number of rotatable bonds is 6. The zero-order chi connectivity index (χ0) is 27.0. The third-order valence-corrected chi connectivity index (χ3v) is 7.52. The molecule has 1 aliphatic heterocycles. The Bertz CT molecular complexity index is 1230. The minimum Gasteiger partial charge on any atom is -0.490 e. The van der Waals surface area contributed by atoms with Crippen LogP contribution in [0.15, 0.2) is 24.3 Å². The predicted molar refractivity (Wildman–Crippen MR) is 140 cm³/mol. The molecule has 0 N–H and O–H groups in total. The topological polar surface area (TPSA) is 107 Å². The standard InChI is InChI=1S/C29H36N4O5/c1-5-36-27(34)26-24(16-30)25(18-8-10-22(11-9-18)37-23-14-19-13-20(19)15-23)31-33(26)21-7-6-12-32(17-21)28(35)38-29(2,3)4/h8-11,19-21,23H,5-7,12-15,17H2,1-4H3/t19?,20?,21-,23?/m1/s1. The van der Waals surface area contributed by atoms with Crippen LogP contribution in [-0.4, -0.2) is 58.1 Å². The van der Waals surface area contributed by atoms with Crippen molar-refractivity contribution in [2.75, 3.05) is 19.7 Å². The van der Waals surface area contributed by atoms with Crippen LogP contribution < -0.4 is 4.74 Å². The van der Waals surface area contributed by atoms with Crippen LogP contribution in [0.1, 0.15) is 81.9 Å². The molecule has 2 unspecified atom stereocenters. The third-order valence-electron chi connectivity index (χ3n) is 7.52. The number of ether oxygens (including phenoxy) is 3. The van der Waals surface area contributed by atoms with E-state index in [9.17, 15) is 14.9 Å². The van der Waals surface area contributed by atoms with Gasteiger partial charge in [-0.3, -0.25) is 4.68 Å². The Kier molecular flexibility index (Phi) is 7.08. The summed E-state index contributed by atoms with van der Waals surface area (Å²) >= 11 is 0. The van der Waals surface area contributed by atoms with Crippen LogP contribution in [0.2, 0.25) is 0 Å². The molecule has 9 nitrogen and oxygen atoms in total. The summed E-state index contributed by atoms with van der Waals surface area (Å²) in [6, 6.07) is 9.44. The van der Waals surface area contributed by atoms with Crippen molar-refractivity contribution < 1.29 is 23.8 Å². The number of esters is 1. The van der Waals surface area contributed by atoms with Crippen LogP contribution in [0, 0.1) is 23.2 Å². The van der Waals surface area contributed by atoms with Crippen molar-refractivity contribution in [3.63, 3.8) is 0 Å². The lowest BCUT2D eigenvalue weighted by molar-refractivity contribution is 0.0165. The number of benzene rings is 1. The summed E-state index contributed by atoms with van der Waals surface area (Å²) in [5.41, 5.74) is 0.806. The summed E-state index contributed by atoms with van der Waals surface area (Å²) in [7, 11) is 0. The first-order valence-corrected chi connectivity index (χ1v) is 13.6. The van der Waals surface area contributed by atoms with E-state index in [1.807, 2.05) is 45.0 Å². The second-order valence-electron chi connectivity index (χ2n) is 11.6. The second kappa shape index (κ2) is 10.3. The van der Waals surface area contributed by atoms with Crippen LogP contribution in [0.4, 0.5) is 4.79 Å². The third kappa shape index (κ3) is 5.50. The Morgan fingerprint density at radius 3 is 2.47 bits per heavy atom. The highest BCUT2D eigenvalue weighted by Crippen LogP contribution is 2.52. The van der Waals surface area contributed by atoms with Gasteiger partial charge in [0.05, 0.1) is 18.8 Å². The number of hydrogen-bond donors (Lipinski definition) is 0. The number of piperidine rings is 1. The van der Waals surface area contributed by atoms with Gasteiger partial charge in [0.1, 0.15) is 28.7 Å². The second-order valence-corrected chi connectivity index (χ2v) is 11.6. The highest BCUT2D eigenvalue weighted by atomic mass is 16.6. The van der Waals surface area contributed by atoms with Gasteiger partial charge in [-0.2, -0.15) is 10.4 Å². The zero-order valence-electron chi connectivity index (χ0n) is 22.6. The van der Waals surface area contributed by atoms with E-state index in [0.29, 0.717) is 30.8 Å². The first-order chi connectivity index (χ1) is 18.2. The summed E-state index contributed by atoms with van der Waals surface area (Å²) in [6.07, 6.45) is 4.89. The molecule has 1 aromatic carbocycles. The molecule has 1 amide bonds. The fourth-order valence-electron chi connectivity index (χ4n) is 5.69. The molecule has 1 saturated heterocycles. The first-order valence-electron chi connectivity index (χ1n) is 13.6. The van der Waals surface area contributed by atoms with Crippen molar-refractivity contribution in [3.05, 3.63) is 35.5 Å². The maximum absolute atomic E-state index is 13.1. The fourth-order valence-corrected chi connectivity index (χ4v) is 5.69. The van der Waals surface area contributed by atoms with Gasteiger partial charge in [0.25, 0.3) is 0 Å². The molecule has 2 saturated carbocycles. The lowest BCUT2D eigenvalue weighted by Crippen LogP contribution is -2.44. The number of aromatic nitrogens is 2. The molecule has 202 valence electrons. The monoisotopic (exact) mass is 520 g/mol. The molecule has 0 bridgehead atoms. The van der Waals surface area contributed by atoms with E-state index in [0.717, 1.165) is 36.8 Å². The lowest BCUT2D eigenvalue weighted by atomic mass is 10.0. The van der Waals surface area contributed by atoms with Crippen molar-refractivity contribution in [1.29, 1.82) is 5.26 Å². The van der Waals surface area contributed by atoms with Gasteiger partial charge in [-0.1, -0.05) is 0 Å². The predicted octanol–water partition coefficient (Wildman–Crippen LogP) is 5.35. The van der Waals surface area contributed by atoms with Gasteiger partial charge in [-0.15, -0.1) is 0 Å². The van der Waals surface area contributed by atoms with Crippen molar-refractivity contribution in [2.45, 2.75) is 77.5 Å². The molecule has 5 rings (SSSR count). The first kappa shape index (κ1) is 26.1. The van der Waals surface area contributed by atoms with Crippen molar-refractivity contribution in [3.8, 4) is 23.1 Å². The molecule has 1 aromatic heterocycles. The maximum Gasteiger partial charge on any atom is 0.410 e. The molecule has 9 heteroatoms. The Hall–Kier alpha value is -3.54. The Labute approximate surface area is 223 Å². The number of nitriles is 1. The fraction of sp³-hybridized carbons (Fsp3) is 0.586. The van der Waals surface area contributed by atoms with E-state index in [4.69, 9.17) is 19.3 Å². The van der Waals surface area contributed by atoms with Gasteiger partial charge in [-0.25, -0.2) is 9.59 Å². The van der Waals surface area contributed by atoms with Crippen molar-refractivity contribution in [2.24, 2.45) is 11.8 Å². The van der Waals surface area contributed by atoms with E-state index >= 15 is 0 Å². The van der Waals surface area contributed by atoms with E-state index < -0.39 is 17.7 Å². The Morgan fingerprint density at radius 2 is 1.84 bits per heavy atom. The molecule has 3 fully saturated rings. The maximum atomic E-state index is 13.1. The summed E-state index contributed by atoms with van der Waals surface area (Å²) in [5.74, 6) is 1.88. The highest BCUT2D eigenvalue weighted by Gasteiger charge is 2.46. The quantitative estimate of drug-likeness (QED) is 0.473. The van der Waals surface area contributed by atoms with Gasteiger partial charge in [0, 0.05) is 18.7 Å². The number of amides is 1. The molecular formula is C29H36N4O5. The van der Waals surface area contributed by atoms with Crippen LogP contribution >= 0.6 is 0 Å². The normalized spacial score (nSPS) is 24.3. The zero-order valence-corrected chi connectivity index (χ0v) is 22.6. The van der Waals surface area contributed by atoms with Gasteiger partial charge in [0.15, 0.2) is 5.69 Å². The Balaban J connectivity index is 1.42. The molecule has 0 spiro atoms. The molecule has 38 heavy (non-hydrogen) atoms. The van der Waals surface area contributed by atoms with Crippen LogP contribution in [-0.2, 0) is 9.47 Å². The van der Waals surface area contributed by atoms with Crippen LogP contribution in [0.25, 0.3) is 11.3 Å². The number of carbonyl (C=O) groups excluding carboxylic acids is 2. The van der Waals surface area contributed by atoms with Crippen molar-refractivity contribution >= 4 is 12.1 Å². The summed E-state index contributed by atoms with van der Waals surface area (Å²) in [6.45, 7) is 8.27. The number of hydrogen-bond acceptors (Lipinski definition) is 7. The van der Waals surface area contributed by atoms with E-state index in [1.54, 1.807) is 16.5 Å². The minimum absolute atomic E-state index is 0.117. The van der Waals surface area contributed by atoms with E-state index in [2.05, 4.69) is 6.07 Å². The molecule has 2 aromatic rings. The highest BCUT2D eigenvalue weighted by molar-refractivity contribution is 5.93. The SMILES string of the molecule is CCOC(=O)c1c(C#N)c(-c2ccc(OC3CC4CC4C3)cc2)nn1[C@@H]1CCCN(C(=O)OC(C)(C)C)C1. The van der Waals surface area contributed by atoms with Gasteiger partial charge < -0.3 is 19.1 Å². The van der Waals surface area contributed by atoms with Gasteiger partial charge in [-0.05, 0) is 95.9 Å². The van der Waals surface area contributed by atoms with E-state index in [1.165, 1.54) is 6.42 Å². The average Bonchev–Trinajstić information content (AvgIpc) is 3.31. The molecule has 0 radical (unpaired) electrons. The molecule has 3 atom stereocenters. The number of fused-ring (bicyclic) bond motifs is 1. The molecular weight excluding hydrogens is 484 g/mol. The Morgan fingerprint density at radius 1 is 1.13 bits per heavy atom.